The van der Waals surface area contributed by atoms with E-state index >= 15 is 0 Å². The first-order chi connectivity index (χ1) is 8.71. The lowest BCUT2D eigenvalue weighted by Gasteiger charge is -2.26. The van der Waals surface area contributed by atoms with Crippen molar-refractivity contribution in [1.29, 1.82) is 0 Å². The van der Waals surface area contributed by atoms with Crippen LogP contribution in [0.4, 0.5) is 0 Å². The number of thiophene rings is 1. The number of likely N-dealkylation sites (N-methyl/N-ethyl adjacent to an activating group) is 1. The van der Waals surface area contributed by atoms with Crippen LogP contribution in [0, 0.1) is 5.92 Å². The third-order valence-corrected chi connectivity index (χ3v) is 4.79. The zero-order chi connectivity index (χ0) is 13.4. The Balaban J connectivity index is 2.61. The van der Waals surface area contributed by atoms with Crippen molar-refractivity contribution in [2.75, 3.05) is 6.54 Å². The van der Waals surface area contributed by atoms with Gasteiger partial charge in [0, 0.05) is 10.9 Å². The molecule has 0 saturated carbocycles. The van der Waals surface area contributed by atoms with E-state index in [1.165, 1.54) is 30.6 Å². The number of unbranched alkanes of at least 4 members (excludes halogenated alkanes) is 1. The molecule has 0 aliphatic rings. The molecule has 0 saturated heterocycles. The Morgan fingerprint density at radius 1 is 1.28 bits per heavy atom. The first kappa shape index (κ1) is 16.0. The minimum absolute atomic E-state index is 0.598. The molecule has 1 aromatic rings. The van der Waals surface area contributed by atoms with Crippen LogP contribution in [0.5, 0.6) is 0 Å². The van der Waals surface area contributed by atoms with E-state index in [9.17, 15) is 0 Å². The zero-order valence-electron chi connectivity index (χ0n) is 11.8. The summed E-state index contributed by atoms with van der Waals surface area (Å²) in [7, 11) is 0. The van der Waals surface area contributed by atoms with Gasteiger partial charge >= 0.3 is 0 Å². The van der Waals surface area contributed by atoms with E-state index in [0.29, 0.717) is 6.04 Å². The van der Waals surface area contributed by atoms with Crippen LogP contribution in [0.3, 0.4) is 0 Å². The summed E-state index contributed by atoms with van der Waals surface area (Å²) in [4.78, 5) is 1.40. The summed E-state index contributed by atoms with van der Waals surface area (Å²) < 4.78 is 0.904. The normalized spacial score (nSPS) is 14.7. The van der Waals surface area contributed by atoms with Crippen LogP contribution in [-0.2, 0) is 6.42 Å². The highest BCUT2D eigenvalue weighted by atomic mass is 35.5. The number of hydrogen-bond acceptors (Lipinski definition) is 2. The highest BCUT2D eigenvalue weighted by Gasteiger charge is 2.19. The molecule has 0 aromatic carbocycles. The van der Waals surface area contributed by atoms with Gasteiger partial charge in [0.05, 0.1) is 4.34 Å². The predicted molar refractivity (Wildman–Crippen MR) is 83.8 cm³/mol. The lowest BCUT2D eigenvalue weighted by Crippen LogP contribution is -2.37. The SMILES string of the molecule is CCCCC(CC)C(Cc1ccc(Cl)s1)NCC. The molecule has 1 heterocycles. The second-order valence-electron chi connectivity index (χ2n) is 4.88. The minimum atomic E-state index is 0.598. The number of halogens is 1. The third kappa shape index (κ3) is 5.29. The fraction of sp³-hybridized carbons (Fsp3) is 0.733. The van der Waals surface area contributed by atoms with Gasteiger partial charge in [-0.1, -0.05) is 51.6 Å². The van der Waals surface area contributed by atoms with E-state index in [0.717, 1.165) is 23.2 Å². The molecule has 1 rings (SSSR count). The first-order valence-corrected chi connectivity index (χ1v) is 8.38. The Labute approximate surface area is 121 Å². The number of nitrogens with one attached hydrogen (secondary N) is 1. The van der Waals surface area contributed by atoms with Crippen molar-refractivity contribution >= 4 is 22.9 Å². The second-order valence-corrected chi connectivity index (χ2v) is 6.68. The van der Waals surface area contributed by atoms with Crippen molar-refractivity contribution in [2.45, 2.75) is 58.9 Å². The molecule has 0 aliphatic heterocycles. The molecule has 3 heteroatoms. The van der Waals surface area contributed by atoms with Crippen molar-refractivity contribution in [1.82, 2.24) is 5.32 Å². The lowest BCUT2D eigenvalue weighted by atomic mass is 9.89. The van der Waals surface area contributed by atoms with Crippen molar-refractivity contribution in [3.05, 3.63) is 21.3 Å². The van der Waals surface area contributed by atoms with Crippen LogP contribution in [0.25, 0.3) is 0 Å². The van der Waals surface area contributed by atoms with Gasteiger partial charge in [0.2, 0.25) is 0 Å². The molecular weight excluding hydrogens is 262 g/mol. The summed E-state index contributed by atoms with van der Waals surface area (Å²) in [5.41, 5.74) is 0. The maximum Gasteiger partial charge on any atom is 0.0931 e. The molecule has 1 N–H and O–H groups in total. The van der Waals surface area contributed by atoms with Gasteiger partial charge in [0.15, 0.2) is 0 Å². The fourth-order valence-electron chi connectivity index (χ4n) is 2.50. The molecule has 2 atom stereocenters. The Hall–Kier alpha value is -0.0500. The van der Waals surface area contributed by atoms with Gasteiger partial charge in [-0.05, 0) is 37.4 Å². The van der Waals surface area contributed by atoms with Crippen molar-refractivity contribution in [2.24, 2.45) is 5.92 Å². The molecule has 0 amide bonds. The van der Waals surface area contributed by atoms with Gasteiger partial charge in [0.25, 0.3) is 0 Å². The smallest absolute Gasteiger partial charge is 0.0931 e. The first-order valence-electron chi connectivity index (χ1n) is 7.18. The summed E-state index contributed by atoms with van der Waals surface area (Å²) >= 11 is 7.74. The standard InChI is InChI=1S/C15H26ClNS/c1-4-7-8-12(5-2)14(17-6-3)11-13-9-10-15(16)18-13/h9-10,12,14,17H,4-8,11H2,1-3H3. The molecule has 0 bridgehead atoms. The van der Waals surface area contributed by atoms with Gasteiger partial charge in [-0.15, -0.1) is 11.3 Å². The second kappa shape index (κ2) is 8.95. The summed E-state index contributed by atoms with van der Waals surface area (Å²) in [6.45, 7) is 7.83. The molecule has 0 radical (unpaired) electrons. The van der Waals surface area contributed by atoms with Gasteiger partial charge in [-0.25, -0.2) is 0 Å². The Kier molecular flexibility index (Phi) is 7.96. The van der Waals surface area contributed by atoms with Crippen molar-refractivity contribution < 1.29 is 0 Å². The van der Waals surface area contributed by atoms with E-state index in [1.807, 2.05) is 6.07 Å². The molecule has 2 unspecified atom stereocenters. The van der Waals surface area contributed by atoms with E-state index in [1.54, 1.807) is 11.3 Å². The molecule has 0 spiro atoms. The molecule has 1 nitrogen and oxygen atoms in total. The fourth-order valence-corrected chi connectivity index (χ4v) is 3.65. The predicted octanol–water partition coefficient (Wildman–Crippen LogP) is 5.14. The summed E-state index contributed by atoms with van der Waals surface area (Å²) in [5, 5.41) is 3.66. The monoisotopic (exact) mass is 287 g/mol. The molecule has 0 fully saturated rings. The van der Waals surface area contributed by atoms with E-state index in [2.05, 4.69) is 32.2 Å². The topological polar surface area (TPSA) is 12.0 Å². The zero-order valence-corrected chi connectivity index (χ0v) is 13.4. The highest BCUT2D eigenvalue weighted by molar-refractivity contribution is 7.16. The van der Waals surface area contributed by atoms with E-state index in [-0.39, 0.29) is 0 Å². The Morgan fingerprint density at radius 2 is 2.06 bits per heavy atom. The minimum Gasteiger partial charge on any atom is -0.314 e. The summed E-state index contributed by atoms with van der Waals surface area (Å²) in [6.07, 6.45) is 6.35. The summed E-state index contributed by atoms with van der Waals surface area (Å²) in [5.74, 6) is 0.783. The van der Waals surface area contributed by atoms with Crippen LogP contribution in [0.1, 0.15) is 51.3 Å². The lowest BCUT2D eigenvalue weighted by molar-refractivity contribution is 0.321. The summed E-state index contributed by atoms with van der Waals surface area (Å²) in [6, 6.07) is 4.78. The molecule has 18 heavy (non-hydrogen) atoms. The Morgan fingerprint density at radius 3 is 2.56 bits per heavy atom. The van der Waals surface area contributed by atoms with Crippen LogP contribution < -0.4 is 5.32 Å². The molecule has 0 aliphatic carbocycles. The molecule has 104 valence electrons. The maximum atomic E-state index is 6.02. The number of hydrogen-bond donors (Lipinski definition) is 1. The van der Waals surface area contributed by atoms with Crippen molar-refractivity contribution in [3.63, 3.8) is 0 Å². The molecular formula is C15H26ClNS. The third-order valence-electron chi connectivity index (χ3n) is 3.54. The van der Waals surface area contributed by atoms with Crippen LogP contribution in [0.15, 0.2) is 12.1 Å². The molecule has 1 aromatic heterocycles. The average Bonchev–Trinajstić information content (AvgIpc) is 2.76. The van der Waals surface area contributed by atoms with Crippen LogP contribution in [0.2, 0.25) is 4.34 Å². The van der Waals surface area contributed by atoms with Gasteiger partial charge in [-0.3, -0.25) is 0 Å². The quantitative estimate of drug-likeness (QED) is 0.663. The maximum absolute atomic E-state index is 6.02. The van der Waals surface area contributed by atoms with Gasteiger partial charge in [0.1, 0.15) is 0 Å². The van der Waals surface area contributed by atoms with E-state index in [4.69, 9.17) is 11.6 Å². The van der Waals surface area contributed by atoms with Gasteiger partial charge < -0.3 is 5.32 Å². The van der Waals surface area contributed by atoms with Crippen LogP contribution in [-0.4, -0.2) is 12.6 Å². The van der Waals surface area contributed by atoms with Gasteiger partial charge in [-0.2, -0.15) is 0 Å². The number of rotatable bonds is 9. The van der Waals surface area contributed by atoms with Crippen molar-refractivity contribution in [3.8, 4) is 0 Å². The van der Waals surface area contributed by atoms with Crippen LogP contribution >= 0.6 is 22.9 Å². The average molecular weight is 288 g/mol. The van der Waals surface area contributed by atoms with E-state index < -0.39 is 0 Å². The Bertz CT molecular complexity index is 324. The highest BCUT2D eigenvalue weighted by Crippen LogP contribution is 2.26. The largest absolute Gasteiger partial charge is 0.314 e.